The summed E-state index contributed by atoms with van der Waals surface area (Å²) in [6.45, 7) is 5.68. The number of nitrogens with one attached hydrogen (secondary N) is 2. The molecule has 27 heavy (non-hydrogen) atoms. The zero-order valence-corrected chi connectivity index (χ0v) is 16.3. The molecule has 1 aliphatic heterocycles. The van der Waals surface area contributed by atoms with Crippen LogP contribution in [0.1, 0.15) is 23.1 Å². The van der Waals surface area contributed by atoms with E-state index in [-0.39, 0.29) is 17.9 Å². The third-order valence-corrected chi connectivity index (χ3v) is 5.14. The quantitative estimate of drug-likeness (QED) is 0.813. The molecule has 0 bridgehead atoms. The first-order valence-electron chi connectivity index (χ1n) is 9.05. The molecule has 2 aromatic carbocycles. The van der Waals surface area contributed by atoms with Gasteiger partial charge < -0.3 is 15.5 Å². The zero-order chi connectivity index (χ0) is 19.4. The van der Waals surface area contributed by atoms with Crippen molar-refractivity contribution in [2.24, 2.45) is 5.92 Å². The number of hydrogen-bond donors (Lipinski definition) is 2. The van der Waals surface area contributed by atoms with Gasteiger partial charge in [0.25, 0.3) is 0 Å². The van der Waals surface area contributed by atoms with E-state index >= 15 is 0 Å². The van der Waals surface area contributed by atoms with Crippen molar-refractivity contribution in [1.82, 2.24) is 10.2 Å². The van der Waals surface area contributed by atoms with Crippen molar-refractivity contribution in [3.63, 3.8) is 0 Å². The summed E-state index contributed by atoms with van der Waals surface area (Å²) in [5.74, 6) is 0.253. The first kappa shape index (κ1) is 19.2. The third kappa shape index (κ3) is 5.23. The van der Waals surface area contributed by atoms with E-state index in [1.54, 1.807) is 6.07 Å². The number of hydrogen-bond acceptors (Lipinski definition) is 2. The lowest BCUT2D eigenvalue weighted by atomic mass is 10.1. The summed E-state index contributed by atoms with van der Waals surface area (Å²) < 4.78 is 0. The number of carbonyl (C=O) groups excluding carboxylic acids is 2. The Morgan fingerprint density at radius 3 is 2.78 bits per heavy atom. The van der Waals surface area contributed by atoms with Crippen LogP contribution in [-0.4, -0.2) is 29.9 Å². The van der Waals surface area contributed by atoms with Crippen LogP contribution in [0, 0.1) is 19.8 Å². The average molecular weight is 386 g/mol. The Morgan fingerprint density at radius 2 is 2.04 bits per heavy atom. The van der Waals surface area contributed by atoms with Crippen LogP contribution in [0.4, 0.5) is 10.5 Å². The van der Waals surface area contributed by atoms with Gasteiger partial charge in [0.1, 0.15) is 0 Å². The minimum atomic E-state index is -0.292. The molecule has 1 unspecified atom stereocenters. The molecule has 0 aliphatic carbocycles. The highest BCUT2D eigenvalue weighted by Crippen LogP contribution is 2.21. The van der Waals surface area contributed by atoms with Gasteiger partial charge in [-0.15, -0.1) is 0 Å². The number of nitrogens with zero attached hydrogens (tertiary/aromatic N) is 1. The second-order valence-electron chi connectivity index (χ2n) is 7.13. The molecule has 0 aromatic heterocycles. The van der Waals surface area contributed by atoms with Crippen LogP contribution in [0.5, 0.6) is 0 Å². The van der Waals surface area contributed by atoms with Crippen molar-refractivity contribution in [3.05, 3.63) is 64.2 Å². The summed E-state index contributed by atoms with van der Waals surface area (Å²) in [6, 6.07) is 13.3. The molecule has 0 spiro atoms. The summed E-state index contributed by atoms with van der Waals surface area (Å²) >= 11 is 6.07. The maximum absolute atomic E-state index is 12.3. The number of likely N-dealkylation sites (tertiary alicyclic amines) is 1. The Balaban J connectivity index is 1.48. The number of carbonyl (C=O) groups is 2. The number of amides is 3. The molecule has 142 valence electrons. The molecule has 5 nitrogen and oxygen atoms in total. The number of anilines is 1. The minimum Gasteiger partial charge on any atom is -0.338 e. The van der Waals surface area contributed by atoms with Gasteiger partial charge in [-0.1, -0.05) is 47.5 Å². The smallest absolute Gasteiger partial charge is 0.319 e. The molecule has 2 N–H and O–H groups in total. The second kappa shape index (κ2) is 8.44. The van der Waals surface area contributed by atoms with Crippen molar-refractivity contribution in [3.8, 4) is 0 Å². The van der Waals surface area contributed by atoms with Crippen molar-refractivity contribution in [2.45, 2.75) is 26.8 Å². The van der Waals surface area contributed by atoms with Crippen molar-refractivity contribution in [2.75, 3.05) is 18.4 Å². The fourth-order valence-electron chi connectivity index (χ4n) is 3.26. The number of halogens is 1. The van der Waals surface area contributed by atoms with E-state index in [0.717, 1.165) is 11.1 Å². The van der Waals surface area contributed by atoms with Gasteiger partial charge in [-0.3, -0.25) is 4.79 Å². The SMILES string of the molecule is Cc1cccc(CN2CC(CNC(=O)Nc3ccc(C)c(Cl)c3)CC2=O)c1. The van der Waals surface area contributed by atoms with Crippen LogP contribution in [0.2, 0.25) is 5.02 Å². The molecule has 0 saturated carbocycles. The van der Waals surface area contributed by atoms with Crippen LogP contribution in [0.15, 0.2) is 42.5 Å². The Kier molecular flexibility index (Phi) is 6.01. The summed E-state index contributed by atoms with van der Waals surface area (Å²) in [5, 5.41) is 6.23. The van der Waals surface area contributed by atoms with Gasteiger partial charge in [-0.2, -0.15) is 0 Å². The van der Waals surface area contributed by atoms with E-state index in [9.17, 15) is 9.59 Å². The van der Waals surface area contributed by atoms with Gasteiger partial charge in [0, 0.05) is 42.7 Å². The number of benzene rings is 2. The molecular formula is C21H24ClN3O2. The second-order valence-corrected chi connectivity index (χ2v) is 7.54. The molecule has 1 heterocycles. The molecule has 1 aliphatic rings. The lowest BCUT2D eigenvalue weighted by molar-refractivity contribution is -0.128. The molecule has 3 amide bonds. The monoisotopic (exact) mass is 385 g/mol. The van der Waals surface area contributed by atoms with E-state index in [4.69, 9.17) is 11.6 Å². The molecule has 1 atom stereocenters. The summed E-state index contributed by atoms with van der Waals surface area (Å²) in [5.41, 5.74) is 3.92. The summed E-state index contributed by atoms with van der Waals surface area (Å²) in [6.07, 6.45) is 0.461. The standard InChI is InChI=1S/C21H24ClN3O2/c1-14-4-3-5-16(8-14)12-25-13-17(9-20(25)26)11-23-21(27)24-18-7-6-15(2)19(22)10-18/h3-8,10,17H,9,11-13H2,1-2H3,(H2,23,24,27). The van der Waals surface area contributed by atoms with Crippen molar-refractivity contribution >= 4 is 29.2 Å². The lowest BCUT2D eigenvalue weighted by Crippen LogP contribution is -2.34. The van der Waals surface area contributed by atoms with Crippen LogP contribution in [0.3, 0.4) is 0 Å². The highest BCUT2D eigenvalue weighted by molar-refractivity contribution is 6.31. The molecule has 6 heteroatoms. The molecular weight excluding hydrogens is 362 g/mol. The Morgan fingerprint density at radius 1 is 1.22 bits per heavy atom. The van der Waals surface area contributed by atoms with E-state index in [0.29, 0.717) is 36.8 Å². The number of rotatable bonds is 5. The Labute approximate surface area is 164 Å². The Bertz CT molecular complexity index is 853. The van der Waals surface area contributed by atoms with Crippen molar-refractivity contribution in [1.29, 1.82) is 0 Å². The fraction of sp³-hybridized carbons (Fsp3) is 0.333. The normalized spacial score (nSPS) is 16.5. The fourth-order valence-corrected chi connectivity index (χ4v) is 3.44. The minimum absolute atomic E-state index is 0.120. The van der Waals surface area contributed by atoms with E-state index in [1.807, 2.05) is 49.1 Å². The van der Waals surface area contributed by atoms with Gasteiger partial charge in [0.05, 0.1) is 0 Å². The van der Waals surface area contributed by atoms with E-state index < -0.39 is 0 Å². The summed E-state index contributed by atoms with van der Waals surface area (Å²) in [7, 11) is 0. The van der Waals surface area contributed by atoms with Crippen molar-refractivity contribution < 1.29 is 9.59 Å². The first-order valence-corrected chi connectivity index (χ1v) is 9.43. The maximum Gasteiger partial charge on any atom is 0.319 e. The van der Waals surface area contributed by atoms with Gasteiger partial charge >= 0.3 is 6.03 Å². The predicted molar refractivity (Wildman–Crippen MR) is 108 cm³/mol. The van der Waals surface area contributed by atoms with Gasteiger partial charge in [-0.05, 0) is 37.1 Å². The van der Waals surface area contributed by atoms with Gasteiger partial charge in [0.15, 0.2) is 0 Å². The van der Waals surface area contributed by atoms with Crippen LogP contribution >= 0.6 is 11.6 Å². The van der Waals surface area contributed by atoms with E-state index in [2.05, 4.69) is 16.7 Å². The highest BCUT2D eigenvalue weighted by Gasteiger charge is 2.29. The number of urea groups is 1. The molecule has 0 radical (unpaired) electrons. The Hall–Kier alpha value is -2.53. The molecule has 1 fully saturated rings. The van der Waals surface area contributed by atoms with Gasteiger partial charge in [-0.25, -0.2) is 4.79 Å². The predicted octanol–water partition coefficient (Wildman–Crippen LogP) is 4.13. The topological polar surface area (TPSA) is 61.4 Å². The molecule has 1 saturated heterocycles. The molecule has 2 aromatic rings. The first-order chi connectivity index (χ1) is 12.9. The summed E-state index contributed by atoms with van der Waals surface area (Å²) in [4.78, 5) is 26.2. The van der Waals surface area contributed by atoms with E-state index in [1.165, 1.54) is 5.56 Å². The zero-order valence-electron chi connectivity index (χ0n) is 15.6. The third-order valence-electron chi connectivity index (χ3n) is 4.73. The van der Waals surface area contributed by atoms with Crippen LogP contribution in [0.25, 0.3) is 0 Å². The van der Waals surface area contributed by atoms with Crippen LogP contribution < -0.4 is 10.6 Å². The average Bonchev–Trinajstić information content (AvgIpc) is 2.96. The number of aryl methyl sites for hydroxylation is 2. The highest BCUT2D eigenvalue weighted by atomic mass is 35.5. The van der Waals surface area contributed by atoms with Gasteiger partial charge in [0.2, 0.25) is 5.91 Å². The largest absolute Gasteiger partial charge is 0.338 e. The lowest BCUT2D eigenvalue weighted by Gasteiger charge is -2.17. The maximum atomic E-state index is 12.3. The van der Waals surface area contributed by atoms with Crippen LogP contribution in [-0.2, 0) is 11.3 Å². The molecule has 3 rings (SSSR count).